The van der Waals surface area contributed by atoms with Crippen molar-refractivity contribution in [3.8, 4) is 17.0 Å². The smallest absolute Gasteiger partial charge is 0.266 e. The van der Waals surface area contributed by atoms with E-state index >= 15 is 0 Å². The number of hydrogen-bond donors (Lipinski definition) is 1. The zero-order valence-corrected chi connectivity index (χ0v) is 13.0. The molecule has 1 fully saturated rings. The van der Waals surface area contributed by atoms with Crippen LogP contribution in [0.15, 0.2) is 41.2 Å². The van der Waals surface area contributed by atoms with Crippen molar-refractivity contribution < 1.29 is 9.53 Å². The lowest BCUT2D eigenvalue weighted by atomic mass is 10.1. The second kappa shape index (κ2) is 6.64. The number of methoxy groups -OCH3 is 1. The molecule has 2 aromatic rings. The van der Waals surface area contributed by atoms with Crippen molar-refractivity contribution in [1.29, 1.82) is 0 Å². The number of carbonyl (C=O) groups is 1. The summed E-state index contributed by atoms with van der Waals surface area (Å²) in [7, 11) is 1.61. The van der Waals surface area contributed by atoms with Gasteiger partial charge in [-0.2, -0.15) is 5.10 Å². The van der Waals surface area contributed by atoms with E-state index in [0.717, 1.165) is 24.2 Å². The molecule has 3 rings (SSSR count). The van der Waals surface area contributed by atoms with Crippen molar-refractivity contribution in [2.24, 2.45) is 5.92 Å². The summed E-state index contributed by atoms with van der Waals surface area (Å²) in [5.41, 5.74) is 1.44. The Morgan fingerprint density at radius 2 is 2.00 bits per heavy atom. The summed E-state index contributed by atoms with van der Waals surface area (Å²) >= 11 is 0. The van der Waals surface area contributed by atoms with Crippen molar-refractivity contribution in [3.63, 3.8) is 0 Å². The van der Waals surface area contributed by atoms with Gasteiger partial charge < -0.3 is 10.1 Å². The highest BCUT2D eigenvalue weighted by Gasteiger charge is 2.29. The van der Waals surface area contributed by atoms with Gasteiger partial charge in [0.1, 0.15) is 5.75 Å². The van der Waals surface area contributed by atoms with Gasteiger partial charge >= 0.3 is 0 Å². The van der Waals surface area contributed by atoms with Crippen LogP contribution < -0.4 is 15.6 Å². The standard InChI is InChI=1S/C17H19N3O3/c1-23-14-6-4-12(5-7-14)15-8-9-16(21)20(19-15)11-10-18-17(22)13-2-3-13/h4-9,13H,2-3,10-11H2,1H3,(H,18,22). The van der Waals surface area contributed by atoms with Crippen molar-refractivity contribution in [3.05, 3.63) is 46.8 Å². The third-order valence-electron chi connectivity index (χ3n) is 3.82. The summed E-state index contributed by atoms with van der Waals surface area (Å²) in [6.07, 6.45) is 1.94. The number of benzene rings is 1. The minimum atomic E-state index is -0.178. The molecule has 1 amide bonds. The number of amides is 1. The molecule has 1 saturated carbocycles. The number of aromatic nitrogens is 2. The van der Waals surface area contributed by atoms with Crippen LogP contribution in [0.4, 0.5) is 0 Å². The first kappa shape index (κ1) is 15.3. The summed E-state index contributed by atoms with van der Waals surface area (Å²) in [5, 5.41) is 7.21. The third-order valence-corrected chi connectivity index (χ3v) is 3.82. The minimum Gasteiger partial charge on any atom is -0.497 e. The molecule has 1 aliphatic carbocycles. The topological polar surface area (TPSA) is 73.2 Å². The van der Waals surface area contributed by atoms with E-state index in [1.54, 1.807) is 13.2 Å². The maximum atomic E-state index is 11.9. The van der Waals surface area contributed by atoms with E-state index in [4.69, 9.17) is 4.74 Å². The van der Waals surface area contributed by atoms with E-state index in [1.807, 2.05) is 24.3 Å². The fourth-order valence-electron chi connectivity index (χ4n) is 2.30. The van der Waals surface area contributed by atoms with Crippen LogP contribution in [0.2, 0.25) is 0 Å². The molecule has 1 aromatic carbocycles. The maximum Gasteiger partial charge on any atom is 0.266 e. The van der Waals surface area contributed by atoms with E-state index in [0.29, 0.717) is 18.8 Å². The van der Waals surface area contributed by atoms with Crippen molar-refractivity contribution >= 4 is 5.91 Å². The van der Waals surface area contributed by atoms with E-state index in [-0.39, 0.29) is 17.4 Å². The Bertz CT molecular complexity index is 748. The van der Waals surface area contributed by atoms with Gasteiger partial charge in [0.2, 0.25) is 5.91 Å². The van der Waals surface area contributed by atoms with Crippen LogP contribution in [-0.4, -0.2) is 29.3 Å². The number of ether oxygens (including phenoxy) is 1. The summed E-state index contributed by atoms with van der Waals surface area (Å²) in [4.78, 5) is 23.5. The molecule has 0 atom stereocenters. The first-order valence-corrected chi connectivity index (χ1v) is 7.67. The predicted molar refractivity (Wildman–Crippen MR) is 86.2 cm³/mol. The first-order valence-electron chi connectivity index (χ1n) is 7.67. The van der Waals surface area contributed by atoms with E-state index < -0.39 is 0 Å². The average molecular weight is 313 g/mol. The molecular formula is C17H19N3O3. The van der Waals surface area contributed by atoms with E-state index in [1.165, 1.54) is 10.7 Å². The highest BCUT2D eigenvalue weighted by Crippen LogP contribution is 2.28. The molecule has 1 aliphatic rings. The third kappa shape index (κ3) is 3.77. The number of rotatable bonds is 6. The van der Waals surface area contributed by atoms with Crippen molar-refractivity contribution in [2.75, 3.05) is 13.7 Å². The monoisotopic (exact) mass is 313 g/mol. The molecule has 1 heterocycles. The Labute approximate surface area is 134 Å². The number of nitrogens with zero attached hydrogens (tertiary/aromatic N) is 2. The second-order valence-corrected chi connectivity index (χ2v) is 5.57. The highest BCUT2D eigenvalue weighted by molar-refractivity contribution is 5.80. The zero-order chi connectivity index (χ0) is 16.2. The van der Waals surface area contributed by atoms with Gasteiger partial charge in [-0.3, -0.25) is 9.59 Å². The molecule has 23 heavy (non-hydrogen) atoms. The lowest BCUT2D eigenvalue weighted by Gasteiger charge is -2.08. The van der Waals surface area contributed by atoms with Gasteiger partial charge in [-0.1, -0.05) is 0 Å². The lowest BCUT2D eigenvalue weighted by Crippen LogP contribution is -2.32. The van der Waals surface area contributed by atoms with E-state index in [2.05, 4.69) is 10.4 Å². The van der Waals surface area contributed by atoms with Gasteiger partial charge in [0.15, 0.2) is 0 Å². The Hall–Kier alpha value is -2.63. The zero-order valence-electron chi connectivity index (χ0n) is 13.0. The average Bonchev–Trinajstić information content (AvgIpc) is 3.41. The number of carbonyl (C=O) groups excluding carboxylic acids is 1. The fraction of sp³-hybridized carbons (Fsp3) is 0.353. The molecule has 0 spiro atoms. The largest absolute Gasteiger partial charge is 0.497 e. The van der Waals surface area contributed by atoms with Crippen molar-refractivity contribution in [1.82, 2.24) is 15.1 Å². The van der Waals surface area contributed by atoms with E-state index in [9.17, 15) is 9.59 Å². The predicted octanol–water partition coefficient (Wildman–Crippen LogP) is 1.45. The molecule has 0 aliphatic heterocycles. The first-order chi connectivity index (χ1) is 11.2. The molecule has 0 unspecified atom stereocenters. The molecule has 6 nitrogen and oxygen atoms in total. The summed E-state index contributed by atoms with van der Waals surface area (Å²) in [6.45, 7) is 0.773. The minimum absolute atomic E-state index is 0.0735. The summed E-state index contributed by atoms with van der Waals surface area (Å²) in [6, 6.07) is 10.7. The van der Waals surface area contributed by atoms with Crippen LogP contribution in [0.25, 0.3) is 11.3 Å². The maximum absolute atomic E-state index is 11.9. The fourth-order valence-corrected chi connectivity index (χ4v) is 2.30. The van der Waals surface area contributed by atoms with Crippen molar-refractivity contribution in [2.45, 2.75) is 19.4 Å². The molecule has 0 bridgehead atoms. The van der Waals surface area contributed by atoms with Gasteiger partial charge in [0.25, 0.3) is 5.56 Å². The van der Waals surface area contributed by atoms with Crippen LogP contribution in [0.3, 0.4) is 0 Å². The molecular weight excluding hydrogens is 294 g/mol. The van der Waals surface area contributed by atoms with Crippen LogP contribution in [0.5, 0.6) is 5.75 Å². The van der Waals surface area contributed by atoms with Gasteiger partial charge in [-0.15, -0.1) is 0 Å². The van der Waals surface area contributed by atoms with Gasteiger partial charge in [0.05, 0.1) is 19.3 Å². The van der Waals surface area contributed by atoms with Crippen LogP contribution in [0, 0.1) is 5.92 Å². The molecule has 0 saturated heterocycles. The van der Waals surface area contributed by atoms with Gasteiger partial charge in [-0.05, 0) is 43.2 Å². The summed E-state index contributed by atoms with van der Waals surface area (Å²) in [5.74, 6) is 1.01. The quantitative estimate of drug-likeness (QED) is 0.876. The van der Waals surface area contributed by atoms with Crippen LogP contribution in [0.1, 0.15) is 12.8 Å². The number of nitrogens with one attached hydrogen (secondary N) is 1. The second-order valence-electron chi connectivity index (χ2n) is 5.57. The Morgan fingerprint density at radius 1 is 1.26 bits per heavy atom. The normalized spacial score (nSPS) is 13.6. The molecule has 1 aromatic heterocycles. The van der Waals surface area contributed by atoms with Gasteiger partial charge in [0, 0.05) is 24.1 Å². The molecule has 6 heteroatoms. The molecule has 120 valence electrons. The van der Waals surface area contributed by atoms with Crippen LogP contribution in [-0.2, 0) is 11.3 Å². The number of hydrogen-bond acceptors (Lipinski definition) is 4. The van der Waals surface area contributed by atoms with Crippen LogP contribution >= 0.6 is 0 Å². The lowest BCUT2D eigenvalue weighted by molar-refractivity contribution is -0.122. The Balaban J connectivity index is 1.70. The molecule has 1 N–H and O–H groups in total. The highest BCUT2D eigenvalue weighted by atomic mass is 16.5. The van der Waals surface area contributed by atoms with Gasteiger partial charge in [-0.25, -0.2) is 4.68 Å². The molecule has 0 radical (unpaired) electrons. The summed E-state index contributed by atoms with van der Waals surface area (Å²) < 4.78 is 6.51. The Morgan fingerprint density at radius 3 is 2.65 bits per heavy atom. The Kier molecular flexibility index (Phi) is 4.41. The SMILES string of the molecule is COc1ccc(-c2ccc(=O)n(CCNC(=O)C3CC3)n2)cc1.